The first-order valence-corrected chi connectivity index (χ1v) is 9.24. The Labute approximate surface area is 161 Å². The standard InChI is InChI=1S/C19H22N6O3/c1-4-27-15-9-24(10-15)14-7-18(26)25(20-8-14)11-16-13(3)28-23-19(16)17-6-5-12(2)21-22-17/h5-8,15H,4,9-11H2,1-3H3. The minimum Gasteiger partial charge on any atom is -0.375 e. The van der Waals surface area contributed by atoms with Crippen LogP contribution in [0.1, 0.15) is 23.9 Å². The highest BCUT2D eigenvalue weighted by Crippen LogP contribution is 2.24. The quantitative estimate of drug-likeness (QED) is 0.634. The number of ether oxygens (including phenoxy) is 1. The van der Waals surface area contributed by atoms with E-state index in [4.69, 9.17) is 9.26 Å². The molecule has 1 aliphatic heterocycles. The second-order valence-corrected chi connectivity index (χ2v) is 6.82. The summed E-state index contributed by atoms with van der Waals surface area (Å²) in [6.07, 6.45) is 1.93. The molecular formula is C19H22N6O3. The van der Waals surface area contributed by atoms with Gasteiger partial charge in [-0.1, -0.05) is 5.16 Å². The van der Waals surface area contributed by atoms with Crippen LogP contribution in [0.4, 0.5) is 5.69 Å². The summed E-state index contributed by atoms with van der Waals surface area (Å²) in [5, 5.41) is 16.7. The van der Waals surface area contributed by atoms with Crippen molar-refractivity contribution in [1.29, 1.82) is 0 Å². The monoisotopic (exact) mass is 382 g/mol. The molecule has 9 nitrogen and oxygen atoms in total. The summed E-state index contributed by atoms with van der Waals surface area (Å²) in [6, 6.07) is 5.29. The normalized spacial score (nSPS) is 14.3. The lowest BCUT2D eigenvalue weighted by molar-refractivity contribution is 0.0430. The highest BCUT2D eigenvalue weighted by atomic mass is 16.5. The Bertz CT molecular complexity index is 1020. The molecule has 28 heavy (non-hydrogen) atoms. The summed E-state index contributed by atoms with van der Waals surface area (Å²) >= 11 is 0. The van der Waals surface area contributed by atoms with Crippen molar-refractivity contribution >= 4 is 5.69 Å². The van der Waals surface area contributed by atoms with Crippen molar-refractivity contribution in [3.05, 3.63) is 51.8 Å². The highest BCUT2D eigenvalue weighted by molar-refractivity contribution is 5.58. The molecule has 1 fully saturated rings. The summed E-state index contributed by atoms with van der Waals surface area (Å²) in [7, 11) is 0. The van der Waals surface area contributed by atoms with E-state index in [0.717, 1.165) is 30.0 Å². The van der Waals surface area contributed by atoms with Crippen LogP contribution >= 0.6 is 0 Å². The van der Waals surface area contributed by atoms with E-state index in [-0.39, 0.29) is 18.2 Å². The molecule has 4 rings (SSSR count). The van der Waals surface area contributed by atoms with Crippen LogP contribution < -0.4 is 10.5 Å². The van der Waals surface area contributed by atoms with Crippen molar-refractivity contribution in [2.75, 3.05) is 24.6 Å². The van der Waals surface area contributed by atoms with Crippen LogP contribution in [-0.2, 0) is 11.3 Å². The van der Waals surface area contributed by atoms with Crippen molar-refractivity contribution in [1.82, 2.24) is 25.1 Å². The Kier molecular flexibility index (Phi) is 4.91. The lowest BCUT2D eigenvalue weighted by Gasteiger charge is -2.40. The highest BCUT2D eigenvalue weighted by Gasteiger charge is 2.28. The van der Waals surface area contributed by atoms with E-state index in [1.54, 1.807) is 19.2 Å². The van der Waals surface area contributed by atoms with E-state index in [2.05, 4.69) is 25.4 Å². The summed E-state index contributed by atoms with van der Waals surface area (Å²) in [5.41, 5.74) is 3.38. The third-order valence-corrected chi connectivity index (χ3v) is 4.80. The summed E-state index contributed by atoms with van der Waals surface area (Å²) in [4.78, 5) is 14.7. The van der Waals surface area contributed by atoms with Gasteiger partial charge in [-0.15, -0.1) is 5.10 Å². The molecule has 0 spiro atoms. The Hall–Kier alpha value is -3.07. The number of aromatic nitrogens is 5. The summed E-state index contributed by atoms with van der Waals surface area (Å²) in [5.74, 6) is 0.623. The van der Waals surface area contributed by atoms with Crippen molar-refractivity contribution in [3.8, 4) is 11.4 Å². The number of hydrogen-bond acceptors (Lipinski definition) is 8. The van der Waals surface area contributed by atoms with E-state index in [1.165, 1.54) is 4.68 Å². The number of nitrogens with zero attached hydrogens (tertiary/aromatic N) is 6. The molecule has 0 unspecified atom stereocenters. The third kappa shape index (κ3) is 3.53. The molecule has 1 saturated heterocycles. The predicted octanol–water partition coefficient (Wildman–Crippen LogP) is 1.58. The van der Waals surface area contributed by atoms with E-state index >= 15 is 0 Å². The maximum atomic E-state index is 12.6. The molecule has 4 heterocycles. The molecular weight excluding hydrogens is 360 g/mol. The van der Waals surface area contributed by atoms with Gasteiger partial charge in [0.2, 0.25) is 0 Å². The average molecular weight is 382 g/mol. The van der Waals surface area contributed by atoms with Gasteiger partial charge in [-0.3, -0.25) is 4.79 Å². The molecule has 0 saturated carbocycles. The van der Waals surface area contributed by atoms with Gasteiger partial charge in [0.15, 0.2) is 0 Å². The van der Waals surface area contributed by atoms with Gasteiger partial charge < -0.3 is 14.2 Å². The van der Waals surface area contributed by atoms with Crippen LogP contribution in [0, 0.1) is 13.8 Å². The van der Waals surface area contributed by atoms with Gasteiger partial charge in [0.05, 0.1) is 30.2 Å². The van der Waals surface area contributed by atoms with E-state index < -0.39 is 0 Å². The molecule has 146 valence electrons. The van der Waals surface area contributed by atoms with Gasteiger partial charge in [-0.2, -0.15) is 10.2 Å². The maximum Gasteiger partial charge on any atom is 0.269 e. The Morgan fingerprint density at radius 2 is 2.07 bits per heavy atom. The number of rotatable bonds is 6. The Morgan fingerprint density at radius 1 is 1.25 bits per heavy atom. The van der Waals surface area contributed by atoms with Gasteiger partial charge >= 0.3 is 0 Å². The topological polar surface area (TPSA) is 99.2 Å². The fourth-order valence-electron chi connectivity index (χ4n) is 3.16. The molecule has 0 radical (unpaired) electrons. The lowest BCUT2D eigenvalue weighted by Crippen LogP contribution is -2.52. The first-order chi connectivity index (χ1) is 13.5. The van der Waals surface area contributed by atoms with Crippen LogP contribution in [0.5, 0.6) is 0 Å². The Morgan fingerprint density at radius 3 is 2.75 bits per heavy atom. The molecule has 0 aliphatic carbocycles. The van der Waals surface area contributed by atoms with Crippen molar-refractivity contribution < 1.29 is 9.26 Å². The van der Waals surface area contributed by atoms with E-state index in [1.807, 2.05) is 26.0 Å². The minimum atomic E-state index is -0.182. The fraction of sp³-hybridized carbons (Fsp3) is 0.421. The zero-order valence-corrected chi connectivity index (χ0v) is 16.1. The number of hydrogen-bond donors (Lipinski definition) is 0. The molecule has 9 heteroatoms. The first-order valence-electron chi connectivity index (χ1n) is 9.24. The molecule has 0 atom stereocenters. The number of anilines is 1. The zero-order chi connectivity index (χ0) is 19.7. The first kappa shape index (κ1) is 18.3. The Balaban J connectivity index is 1.55. The van der Waals surface area contributed by atoms with Gasteiger partial charge in [0, 0.05) is 31.3 Å². The van der Waals surface area contributed by atoms with Gasteiger partial charge in [0.25, 0.3) is 5.56 Å². The minimum absolute atomic E-state index is 0.182. The SMILES string of the molecule is CCOC1CN(c2cnn(Cc3c(-c4ccc(C)nn4)noc3C)c(=O)c2)C1. The van der Waals surface area contributed by atoms with Crippen LogP contribution in [0.15, 0.2) is 33.7 Å². The second kappa shape index (κ2) is 7.51. The molecule has 1 aliphatic rings. The van der Waals surface area contributed by atoms with E-state index in [0.29, 0.717) is 23.8 Å². The maximum absolute atomic E-state index is 12.6. The molecule has 0 bridgehead atoms. The fourth-order valence-corrected chi connectivity index (χ4v) is 3.16. The van der Waals surface area contributed by atoms with Crippen LogP contribution in [0.3, 0.4) is 0 Å². The van der Waals surface area contributed by atoms with Gasteiger partial charge in [-0.05, 0) is 32.9 Å². The van der Waals surface area contributed by atoms with Crippen LogP contribution in [-0.4, -0.2) is 50.9 Å². The van der Waals surface area contributed by atoms with Gasteiger partial charge in [0.1, 0.15) is 17.1 Å². The molecule has 0 aromatic carbocycles. The molecule has 0 N–H and O–H groups in total. The summed E-state index contributed by atoms with van der Waals surface area (Å²) < 4.78 is 12.3. The van der Waals surface area contributed by atoms with Gasteiger partial charge in [-0.25, -0.2) is 4.68 Å². The van der Waals surface area contributed by atoms with Crippen LogP contribution in [0.25, 0.3) is 11.4 Å². The lowest BCUT2D eigenvalue weighted by atomic mass is 10.1. The van der Waals surface area contributed by atoms with Crippen molar-refractivity contribution in [3.63, 3.8) is 0 Å². The van der Waals surface area contributed by atoms with E-state index in [9.17, 15) is 4.79 Å². The smallest absolute Gasteiger partial charge is 0.269 e. The summed E-state index contributed by atoms with van der Waals surface area (Å²) in [6.45, 7) is 8.16. The average Bonchev–Trinajstić information content (AvgIpc) is 3.01. The largest absolute Gasteiger partial charge is 0.375 e. The molecule has 3 aromatic heterocycles. The predicted molar refractivity (Wildman–Crippen MR) is 102 cm³/mol. The molecule has 0 amide bonds. The van der Waals surface area contributed by atoms with Crippen LogP contribution in [0.2, 0.25) is 0 Å². The van der Waals surface area contributed by atoms with Crippen molar-refractivity contribution in [2.45, 2.75) is 33.4 Å². The zero-order valence-electron chi connectivity index (χ0n) is 16.1. The second-order valence-electron chi connectivity index (χ2n) is 6.82. The molecule has 3 aromatic rings. The third-order valence-electron chi connectivity index (χ3n) is 4.80. The number of aryl methyl sites for hydroxylation is 2. The van der Waals surface area contributed by atoms with Crippen molar-refractivity contribution in [2.24, 2.45) is 0 Å².